The smallest absolute Gasteiger partial charge is 0.0596 e. The van der Waals surface area contributed by atoms with Crippen molar-refractivity contribution in [1.82, 2.24) is 0 Å². The third kappa shape index (κ3) is 3.76. The first-order valence-corrected chi connectivity index (χ1v) is 7.18. The zero-order valence-corrected chi connectivity index (χ0v) is 12.9. The number of rotatable bonds is 4. The minimum Gasteiger partial charge on any atom is -0.118 e. The molecule has 1 unspecified atom stereocenters. The second-order valence-corrected chi connectivity index (χ2v) is 5.97. The molecule has 0 aliphatic carbocycles. The number of alkyl halides is 1. The number of aryl methyl sites for hydroxylation is 1. The summed E-state index contributed by atoms with van der Waals surface area (Å²) in [5, 5.41) is 0.108. The lowest BCUT2D eigenvalue weighted by Crippen LogP contribution is -1.93. The fraction of sp³-hybridized carbons (Fsp3) is 0.500. The first-order valence-electron chi connectivity index (χ1n) is 5.15. The SMILES string of the molecule is CCCCC(Cl)c1cc(Br)c(C)cc1Br. The summed E-state index contributed by atoms with van der Waals surface area (Å²) in [6.45, 7) is 4.26. The Morgan fingerprint density at radius 2 is 1.93 bits per heavy atom. The predicted molar refractivity (Wildman–Crippen MR) is 74.7 cm³/mol. The van der Waals surface area contributed by atoms with E-state index in [4.69, 9.17) is 11.6 Å². The highest BCUT2D eigenvalue weighted by Crippen LogP contribution is 2.35. The maximum absolute atomic E-state index is 6.36. The van der Waals surface area contributed by atoms with E-state index >= 15 is 0 Å². The van der Waals surface area contributed by atoms with Gasteiger partial charge < -0.3 is 0 Å². The van der Waals surface area contributed by atoms with Crippen molar-refractivity contribution >= 4 is 43.5 Å². The van der Waals surface area contributed by atoms with E-state index in [-0.39, 0.29) is 5.38 Å². The molecule has 15 heavy (non-hydrogen) atoms. The van der Waals surface area contributed by atoms with Crippen LogP contribution in [-0.4, -0.2) is 0 Å². The zero-order valence-electron chi connectivity index (χ0n) is 8.99. The second-order valence-electron chi connectivity index (χ2n) is 3.73. The van der Waals surface area contributed by atoms with E-state index < -0.39 is 0 Å². The number of hydrogen-bond donors (Lipinski definition) is 0. The first-order chi connectivity index (χ1) is 7.06. The quantitative estimate of drug-likeness (QED) is 0.583. The van der Waals surface area contributed by atoms with Gasteiger partial charge in [0.15, 0.2) is 0 Å². The van der Waals surface area contributed by atoms with E-state index in [1.54, 1.807) is 0 Å². The van der Waals surface area contributed by atoms with Gasteiger partial charge in [-0.05, 0) is 36.6 Å². The lowest BCUT2D eigenvalue weighted by atomic mass is 10.1. The van der Waals surface area contributed by atoms with Gasteiger partial charge in [-0.3, -0.25) is 0 Å². The van der Waals surface area contributed by atoms with Crippen LogP contribution in [0, 0.1) is 6.92 Å². The van der Waals surface area contributed by atoms with Crippen LogP contribution in [0.2, 0.25) is 0 Å². The van der Waals surface area contributed by atoms with Crippen molar-refractivity contribution in [3.8, 4) is 0 Å². The Labute approximate surface area is 114 Å². The van der Waals surface area contributed by atoms with Gasteiger partial charge in [0.2, 0.25) is 0 Å². The van der Waals surface area contributed by atoms with E-state index in [1.807, 2.05) is 0 Å². The van der Waals surface area contributed by atoms with Crippen molar-refractivity contribution in [1.29, 1.82) is 0 Å². The van der Waals surface area contributed by atoms with Crippen LogP contribution < -0.4 is 0 Å². The van der Waals surface area contributed by atoms with Crippen LogP contribution in [0.1, 0.15) is 42.7 Å². The molecule has 1 aromatic carbocycles. The van der Waals surface area contributed by atoms with Gasteiger partial charge in [-0.15, -0.1) is 11.6 Å². The molecule has 84 valence electrons. The van der Waals surface area contributed by atoms with Crippen molar-refractivity contribution in [2.45, 2.75) is 38.5 Å². The predicted octanol–water partition coefficient (Wildman–Crippen LogP) is 5.99. The first kappa shape index (κ1) is 13.5. The van der Waals surface area contributed by atoms with Gasteiger partial charge in [-0.2, -0.15) is 0 Å². The molecule has 1 rings (SSSR count). The molecule has 0 amide bonds. The second kappa shape index (κ2) is 6.27. The molecule has 0 saturated carbocycles. The van der Waals surface area contributed by atoms with Crippen LogP contribution in [0.5, 0.6) is 0 Å². The fourth-order valence-corrected chi connectivity index (χ4v) is 3.00. The molecule has 0 nitrogen and oxygen atoms in total. The standard InChI is InChI=1S/C12H15Br2Cl/c1-3-4-5-12(15)9-7-10(13)8(2)6-11(9)14/h6-7,12H,3-5H2,1-2H3. The molecule has 0 spiro atoms. The van der Waals surface area contributed by atoms with Crippen molar-refractivity contribution in [3.05, 3.63) is 32.2 Å². The monoisotopic (exact) mass is 352 g/mol. The van der Waals surface area contributed by atoms with E-state index in [9.17, 15) is 0 Å². The minimum absolute atomic E-state index is 0.108. The van der Waals surface area contributed by atoms with Crippen molar-refractivity contribution in [3.63, 3.8) is 0 Å². The molecule has 0 aliphatic heterocycles. The molecular weight excluding hydrogens is 339 g/mol. The molecule has 0 N–H and O–H groups in total. The third-order valence-electron chi connectivity index (χ3n) is 2.43. The molecule has 0 aliphatic rings. The maximum Gasteiger partial charge on any atom is 0.0596 e. The van der Waals surface area contributed by atoms with E-state index in [0.717, 1.165) is 15.4 Å². The van der Waals surface area contributed by atoms with E-state index in [0.29, 0.717) is 0 Å². The zero-order chi connectivity index (χ0) is 11.4. The van der Waals surface area contributed by atoms with Gasteiger partial charge in [-0.25, -0.2) is 0 Å². The minimum atomic E-state index is 0.108. The number of halogens is 3. The number of benzene rings is 1. The van der Waals surface area contributed by atoms with Crippen LogP contribution in [0.25, 0.3) is 0 Å². The highest BCUT2D eigenvalue weighted by atomic mass is 79.9. The fourth-order valence-electron chi connectivity index (χ4n) is 1.44. The highest BCUT2D eigenvalue weighted by Gasteiger charge is 2.12. The highest BCUT2D eigenvalue weighted by molar-refractivity contribution is 9.11. The van der Waals surface area contributed by atoms with Crippen molar-refractivity contribution < 1.29 is 0 Å². The molecule has 0 radical (unpaired) electrons. The lowest BCUT2D eigenvalue weighted by molar-refractivity contribution is 0.699. The van der Waals surface area contributed by atoms with Crippen LogP contribution in [-0.2, 0) is 0 Å². The summed E-state index contributed by atoms with van der Waals surface area (Å²) in [7, 11) is 0. The molecule has 1 atom stereocenters. The summed E-state index contributed by atoms with van der Waals surface area (Å²) in [5.41, 5.74) is 2.41. The third-order valence-corrected chi connectivity index (χ3v) is 4.42. The van der Waals surface area contributed by atoms with E-state index in [2.05, 4.69) is 57.8 Å². The average molecular weight is 355 g/mol. The summed E-state index contributed by atoms with van der Waals surface area (Å²) in [6, 6.07) is 4.23. The Balaban J connectivity index is 2.88. The topological polar surface area (TPSA) is 0 Å². The average Bonchev–Trinajstić information content (AvgIpc) is 2.20. The van der Waals surface area contributed by atoms with Crippen LogP contribution >= 0.6 is 43.5 Å². The van der Waals surface area contributed by atoms with Gasteiger partial charge in [0.05, 0.1) is 5.38 Å². The van der Waals surface area contributed by atoms with Gasteiger partial charge >= 0.3 is 0 Å². The van der Waals surface area contributed by atoms with Crippen molar-refractivity contribution in [2.75, 3.05) is 0 Å². The molecule has 0 saturated heterocycles. The van der Waals surface area contributed by atoms with Gasteiger partial charge in [-0.1, -0.05) is 51.6 Å². The van der Waals surface area contributed by atoms with Crippen LogP contribution in [0.4, 0.5) is 0 Å². The van der Waals surface area contributed by atoms with Gasteiger partial charge in [0.1, 0.15) is 0 Å². The molecule has 0 bridgehead atoms. The lowest BCUT2D eigenvalue weighted by Gasteiger charge is -2.13. The Morgan fingerprint density at radius 1 is 1.27 bits per heavy atom. The summed E-state index contributed by atoms with van der Waals surface area (Å²) in [6.07, 6.45) is 3.39. The summed E-state index contributed by atoms with van der Waals surface area (Å²) >= 11 is 13.5. The summed E-state index contributed by atoms with van der Waals surface area (Å²) in [5.74, 6) is 0. The van der Waals surface area contributed by atoms with Gasteiger partial charge in [0, 0.05) is 8.95 Å². The molecular formula is C12H15Br2Cl. The van der Waals surface area contributed by atoms with Crippen LogP contribution in [0.15, 0.2) is 21.1 Å². The Kier molecular flexibility index (Phi) is 5.65. The van der Waals surface area contributed by atoms with Gasteiger partial charge in [0.25, 0.3) is 0 Å². The Hall–Kier alpha value is 0.470. The molecule has 3 heteroatoms. The summed E-state index contributed by atoms with van der Waals surface area (Å²) < 4.78 is 2.24. The largest absolute Gasteiger partial charge is 0.118 e. The number of hydrogen-bond acceptors (Lipinski definition) is 0. The molecule has 1 aromatic rings. The summed E-state index contributed by atoms with van der Waals surface area (Å²) in [4.78, 5) is 0. The molecule has 0 heterocycles. The maximum atomic E-state index is 6.36. The molecule has 0 fully saturated rings. The Bertz CT molecular complexity index is 337. The van der Waals surface area contributed by atoms with Crippen molar-refractivity contribution in [2.24, 2.45) is 0 Å². The normalized spacial score (nSPS) is 12.9. The Morgan fingerprint density at radius 3 is 2.53 bits per heavy atom. The van der Waals surface area contributed by atoms with E-state index in [1.165, 1.54) is 24.0 Å². The number of unbranched alkanes of at least 4 members (excludes halogenated alkanes) is 1. The molecule has 0 aromatic heterocycles. The van der Waals surface area contributed by atoms with Crippen LogP contribution in [0.3, 0.4) is 0 Å².